The maximum Gasteiger partial charge on any atom is 0.251 e. The van der Waals surface area contributed by atoms with Crippen molar-refractivity contribution < 1.29 is 14.7 Å². The summed E-state index contributed by atoms with van der Waals surface area (Å²) in [4.78, 5) is 23.5. The SMILES string of the molecule is CCC(=O)Nc1cccc(C(=O)NCC(C)(C)CCO)c1. The Labute approximate surface area is 125 Å². The number of rotatable bonds is 7. The van der Waals surface area contributed by atoms with E-state index in [9.17, 15) is 9.59 Å². The van der Waals surface area contributed by atoms with Gasteiger partial charge in [0.1, 0.15) is 0 Å². The lowest BCUT2D eigenvalue weighted by Gasteiger charge is -2.23. The number of benzene rings is 1. The summed E-state index contributed by atoms with van der Waals surface area (Å²) in [5.74, 6) is -0.273. The fourth-order valence-electron chi connectivity index (χ4n) is 1.80. The Bertz CT molecular complexity index is 498. The molecule has 0 fully saturated rings. The average Bonchev–Trinajstić information content (AvgIpc) is 2.45. The van der Waals surface area contributed by atoms with E-state index in [0.717, 1.165) is 0 Å². The highest BCUT2D eigenvalue weighted by molar-refractivity contribution is 5.97. The summed E-state index contributed by atoms with van der Waals surface area (Å²) in [5.41, 5.74) is 0.964. The summed E-state index contributed by atoms with van der Waals surface area (Å²) >= 11 is 0. The molecule has 0 heterocycles. The van der Waals surface area contributed by atoms with E-state index in [2.05, 4.69) is 10.6 Å². The van der Waals surface area contributed by atoms with Gasteiger partial charge in [0.2, 0.25) is 5.91 Å². The minimum Gasteiger partial charge on any atom is -0.396 e. The molecule has 0 spiro atoms. The fourth-order valence-corrected chi connectivity index (χ4v) is 1.80. The minimum absolute atomic E-state index is 0.0864. The second kappa shape index (κ2) is 7.78. The third-order valence-corrected chi connectivity index (χ3v) is 3.25. The molecule has 0 aliphatic carbocycles. The molecule has 0 radical (unpaired) electrons. The molecule has 21 heavy (non-hydrogen) atoms. The first-order valence-corrected chi connectivity index (χ1v) is 7.17. The van der Waals surface area contributed by atoms with Gasteiger partial charge in [-0.2, -0.15) is 0 Å². The normalized spacial score (nSPS) is 11.0. The molecule has 0 aliphatic rings. The van der Waals surface area contributed by atoms with Crippen molar-refractivity contribution in [1.29, 1.82) is 0 Å². The maximum absolute atomic E-state index is 12.1. The summed E-state index contributed by atoms with van der Waals surface area (Å²) in [7, 11) is 0. The minimum atomic E-state index is -0.186. The van der Waals surface area contributed by atoms with E-state index in [1.807, 2.05) is 13.8 Å². The highest BCUT2D eigenvalue weighted by Crippen LogP contribution is 2.18. The van der Waals surface area contributed by atoms with Crippen LogP contribution >= 0.6 is 0 Å². The van der Waals surface area contributed by atoms with Crippen LogP contribution in [0, 0.1) is 5.41 Å². The van der Waals surface area contributed by atoms with Crippen LogP contribution in [0.25, 0.3) is 0 Å². The topological polar surface area (TPSA) is 78.4 Å². The van der Waals surface area contributed by atoms with Gasteiger partial charge in [-0.1, -0.05) is 26.8 Å². The molecule has 0 saturated heterocycles. The lowest BCUT2D eigenvalue weighted by Crippen LogP contribution is -2.34. The van der Waals surface area contributed by atoms with Crippen molar-refractivity contribution in [2.45, 2.75) is 33.6 Å². The number of nitrogens with one attached hydrogen (secondary N) is 2. The molecule has 1 aromatic carbocycles. The summed E-state index contributed by atoms with van der Waals surface area (Å²) in [6.45, 7) is 6.33. The molecule has 1 aromatic rings. The van der Waals surface area contributed by atoms with Crippen LogP contribution in [-0.4, -0.2) is 30.1 Å². The highest BCUT2D eigenvalue weighted by atomic mass is 16.3. The van der Waals surface area contributed by atoms with Gasteiger partial charge in [0.15, 0.2) is 0 Å². The first-order valence-electron chi connectivity index (χ1n) is 7.17. The molecular weight excluding hydrogens is 268 g/mol. The molecule has 0 aliphatic heterocycles. The standard InChI is InChI=1S/C16H24N2O3/c1-4-14(20)18-13-7-5-6-12(10-13)15(21)17-11-16(2,3)8-9-19/h5-7,10,19H,4,8-9,11H2,1-3H3,(H,17,21)(H,18,20). The first kappa shape index (κ1) is 17.2. The van der Waals surface area contributed by atoms with E-state index >= 15 is 0 Å². The van der Waals surface area contributed by atoms with Crippen LogP contribution in [0.4, 0.5) is 5.69 Å². The lowest BCUT2D eigenvalue weighted by atomic mass is 9.89. The Morgan fingerprint density at radius 3 is 2.62 bits per heavy atom. The fraction of sp³-hybridized carbons (Fsp3) is 0.500. The van der Waals surface area contributed by atoms with Gasteiger partial charge in [0, 0.05) is 30.8 Å². The van der Waals surface area contributed by atoms with E-state index in [4.69, 9.17) is 5.11 Å². The largest absolute Gasteiger partial charge is 0.396 e. The number of hydrogen-bond acceptors (Lipinski definition) is 3. The number of carbonyl (C=O) groups is 2. The van der Waals surface area contributed by atoms with E-state index < -0.39 is 0 Å². The molecule has 3 N–H and O–H groups in total. The predicted octanol–water partition coefficient (Wildman–Crippen LogP) is 2.17. The summed E-state index contributed by atoms with van der Waals surface area (Å²) in [6, 6.07) is 6.84. The molecule has 0 saturated carbocycles. The molecule has 0 bridgehead atoms. The molecule has 2 amide bonds. The van der Waals surface area contributed by atoms with Crippen molar-refractivity contribution in [3.05, 3.63) is 29.8 Å². The van der Waals surface area contributed by atoms with Gasteiger partial charge in [0.25, 0.3) is 5.91 Å². The lowest BCUT2D eigenvalue weighted by molar-refractivity contribution is -0.115. The van der Waals surface area contributed by atoms with Crippen molar-refractivity contribution in [3.8, 4) is 0 Å². The monoisotopic (exact) mass is 292 g/mol. The van der Waals surface area contributed by atoms with Crippen molar-refractivity contribution in [2.24, 2.45) is 5.41 Å². The molecule has 116 valence electrons. The molecular formula is C16H24N2O3. The quantitative estimate of drug-likeness (QED) is 0.720. The smallest absolute Gasteiger partial charge is 0.251 e. The predicted molar refractivity (Wildman–Crippen MR) is 83.2 cm³/mol. The Hall–Kier alpha value is -1.88. The zero-order valence-electron chi connectivity index (χ0n) is 12.9. The number of amides is 2. The van der Waals surface area contributed by atoms with Crippen LogP contribution in [0.1, 0.15) is 44.0 Å². The summed E-state index contributed by atoms with van der Waals surface area (Å²) < 4.78 is 0. The second-order valence-electron chi connectivity index (χ2n) is 5.80. The number of carbonyl (C=O) groups excluding carboxylic acids is 2. The average molecular weight is 292 g/mol. The van der Waals surface area contributed by atoms with Gasteiger partial charge in [0.05, 0.1) is 0 Å². The van der Waals surface area contributed by atoms with Crippen LogP contribution < -0.4 is 10.6 Å². The number of aliphatic hydroxyl groups excluding tert-OH is 1. The maximum atomic E-state index is 12.1. The molecule has 0 aromatic heterocycles. The van der Waals surface area contributed by atoms with Crippen molar-refractivity contribution in [3.63, 3.8) is 0 Å². The zero-order valence-corrected chi connectivity index (χ0v) is 12.9. The van der Waals surface area contributed by atoms with E-state index in [1.165, 1.54) is 0 Å². The summed E-state index contributed by atoms with van der Waals surface area (Å²) in [6.07, 6.45) is 1.02. The van der Waals surface area contributed by atoms with Crippen LogP contribution in [0.3, 0.4) is 0 Å². The van der Waals surface area contributed by atoms with Gasteiger partial charge >= 0.3 is 0 Å². The number of hydrogen-bond donors (Lipinski definition) is 3. The molecule has 5 heteroatoms. The zero-order chi connectivity index (χ0) is 15.9. The van der Waals surface area contributed by atoms with Crippen LogP contribution in [0.15, 0.2) is 24.3 Å². The molecule has 5 nitrogen and oxygen atoms in total. The first-order chi connectivity index (χ1) is 9.88. The Kier molecular flexibility index (Phi) is 6.37. The van der Waals surface area contributed by atoms with Gasteiger partial charge in [-0.15, -0.1) is 0 Å². The van der Waals surface area contributed by atoms with Gasteiger partial charge < -0.3 is 15.7 Å². The van der Waals surface area contributed by atoms with Gasteiger partial charge in [-0.05, 0) is 30.0 Å². The van der Waals surface area contributed by atoms with Crippen molar-refractivity contribution in [2.75, 3.05) is 18.5 Å². The number of anilines is 1. The Balaban J connectivity index is 2.66. The van der Waals surface area contributed by atoms with Crippen LogP contribution in [-0.2, 0) is 4.79 Å². The van der Waals surface area contributed by atoms with Crippen molar-refractivity contribution in [1.82, 2.24) is 5.32 Å². The second-order valence-corrected chi connectivity index (χ2v) is 5.80. The van der Waals surface area contributed by atoms with Gasteiger partial charge in [-0.3, -0.25) is 9.59 Å². The third-order valence-electron chi connectivity index (χ3n) is 3.25. The van der Waals surface area contributed by atoms with Crippen molar-refractivity contribution >= 4 is 17.5 Å². The van der Waals surface area contributed by atoms with E-state index in [0.29, 0.717) is 30.6 Å². The van der Waals surface area contributed by atoms with E-state index in [1.54, 1.807) is 31.2 Å². The molecule has 1 rings (SSSR count). The number of aliphatic hydroxyl groups is 1. The molecule has 0 unspecified atom stereocenters. The Morgan fingerprint density at radius 1 is 1.29 bits per heavy atom. The molecule has 0 atom stereocenters. The van der Waals surface area contributed by atoms with Crippen LogP contribution in [0.5, 0.6) is 0 Å². The third kappa shape index (κ3) is 5.95. The van der Waals surface area contributed by atoms with Gasteiger partial charge in [-0.25, -0.2) is 0 Å². The highest BCUT2D eigenvalue weighted by Gasteiger charge is 2.18. The summed E-state index contributed by atoms with van der Waals surface area (Å²) in [5, 5.41) is 14.6. The van der Waals surface area contributed by atoms with Crippen LogP contribution in [0.2, 0.25) is 0 Å². The Morgan fingerprint density at radius 2 is 2.00 bits per heavy atom. The van der Waals surface area contributed by atoms with E-state index in [-0.39, 0.29) is 23.8 Å².